The Morgan fingerprint density at radius 2 is 0.929 bits per heavy atom. The largest absolute Gasteiger partial charge is 0.456 e. The van der Waals surface area contributed by atoms with Gasteiger partial charge in [0.05, 0.1) is 11.0 Å². The average Bonchev–Trinajstić information content (AvgIpc) is 3.83. The summed E-state index contributed by atoms with van der Waals surface area (Å²) in [6.45, 7) is 0. The number of hydrogen-bond donors (Lipinski definition) is 0. The summed E-state index contributed by atoms with van der Waals surface area (Å²) in [4.78, 5) is 15.2. The van der Waals surface area contributed by atoms with Gasteiger partial charge in [-0.15, -0.1) is 0 Å². The van der Waals surface area contributed by atoms with E-state index in [1.807, 2.05) is 72.8 Å². The molecule has 0 aliphatic rings. The fourth-order valence-corrected chi connectivity index (χ4v) is 8.09. The van der Waals surface area contributed by atoms with Crippen LogP contribution < -0.4 is 0 Å². The van der Waals surface area contributed by atoms with Crippen LogP contribution in [0.25, 0.3) is 106 Å². The van der Waals surface area contributed by atoms with E-state index in [4.69, 9.17) is 19.4 Å². The van der Waals surface area contributed by atoms with Gasteiger partial charge in [-0.3, -0.25) is 0 Å². The molecule has 0 N–H and O–H groups in total. The lowest BCUT2D eigenvalue weighted by Crippen LogP contribution is -2.00. The molecule has 262 valence electrons. The number of furan rings is 1. The summed E-state index contributed by atoms with van der Waals surface area (Å²) in [6.07, 6.45) is 0. The minimum atomic E-state index is 0.577. The van der Waals surface area contributed by atoms with E-state index >= 15 is 0 Å². The van der Waals surface area contributed by atoms with Gasteiger partial charge in [0.25, 0.3) is 0 Å². The van der Waals surface area contributed by atoms with Gasteiger partial charge in [0, 0.05) is 43.9 Å². The molecular formula is C51H32N4O. The number of fused-ring (bicyclic) bond motifs is 6. The van der Waals surface area contributed by atoms with Gasteiger partial charge in [0.15, 0.2) is 17.5 Å². The van der Waals surface area contributed by atoms with Crippen molar-refractivity contribution in [3.63, 3.8) is 0 Å². The lowest BCUT2D eigenvalue weighted by Gasteiger charge is -2.12. The molecule has 11 aromatic rings. The fraction of sp³-hybridized carbons (Fsp3) is 0. The first-order valence-corrected chi connectivity index (χ1v) is 18.8. The molecular weight excluding hydrogens is 685 g/mol. The van der Waals surface area contributed by atoms with Crippen molar-refractivity contribution in [2.24, 2.45) is 0 Å². The zero-order chi connectivity index (χ0) is 37.0. The van der Waals surface area contributed by atoms with Gasteiger partial charge in [-0.25, -0.2) is 15.0 Å². The zero-order valence-electron chi connectivity index (χ0n) is 30.2. The van der Waals surface area contributed by atoms with Crippen LogP contribution in [0.2, 0.25) is 0 Å². The molecule has 0 saturated heterocycles. The third-order valence-electron chi connectivity index (χ3n) is 10.6. The minimum absolute atomic E-state index is 0.577. The average molecular weight is 717 g/mol. The highest BCUT2D eigenvalue weighted by Gasteiger charge is 2.22. The summed E-state index contributed by atoms with van der Waals surface area (Å²) < 4.78 is 9.06. The molecule has 0 amide bonds. The predicted octanol–water partition coefficient (Wildman–Crippen LogP) is 13.2. The van der Waals surface area contributed by atoms with Crippen molar-refractivity contribution in [2.75, 3.05) is 0 Å². The number of nitrogens with zero attached hydrogens (tertiary/aromatic N) is 4. The Kier molecular flexibility index (Phi) is 7.42. The second-order valence-corrected chi connectivity index (χ2v) is 14.0. The van der Waals surface area contributed by atoms with E-state index < -0.39 is 0 Å². The van der Waals surface area contributed by atoms with Crippen LogP contribution >= 0.6 is 0 Å². The number of para-hydroxylation sites is 2. The summed E-state index contributed by atoms with van der Waals surface area (Å²) in [7, 11) is 0. The normalized spacial score (nSPS) is 11.6. The monoisotopic (exact) mass is 716 g/mol. The van der Waals surface area contributed by atoms with Gasteiger partial charge in [-0.1, -0.05) is 152 Å². The van der Waals surface area contributed by atoms with Gasteiger partial charge in [0.2, 0.25) is 0 Å². The van der Waals surface area contributed by atoms with Gasteiger partial charge in [-0.05, 0) is 64.7 Å². The molecule has 0 radical (unpaired) electrons. The van der Waals surface area contributed by atoms with Crippen molar-refractivity contribution in [1.29, 1.82) is 0 Å². The van der Waals surface area contributed by atoms with Gasteiger partial charge < -0.3 is 8.98 Å². The van der Waals surface area contributed by atoms with Crippen LogP contribution in [-0.4, -0.2) is 19.5 Å². The number of benzene rings is 8. The van der Waals surface area contributed by atoms with Crippen molar-refractivity contribution in [3.8, 4) is 62.1 Å². The second kappa shape index (κ2) is 13.0. The van der Waals surface area contributed by atoms with Gasteiger partial charge in [0.1, 0.15) is 11.2 Å². The van der Waals surface area contributed by atoms with Crippen LogP contribution in [0.3, 0.4) is 0 Å². The quantitative estimate of drug-likeness (QED) is 0.172. The molecule has 5 heteroatoms. The Bertz CT molecular complexity index is 3170. The fourth-order valence-electron chi connectivity index (χ4n) is 8.09. The highest BCUT2D eigenvalue weighted by Crippen LogP contribution is 2.45. The van der Waals surface area contributed by atoms with E-state index in [-0.39, 0.29) is 0 Å². The lowest BCUT2D eigenvalue weighted by atomic mass is 9.93. The standard InChI is InChI=1S/C51H32N4O/c1-5-16-33(17-6-1)36-28-29-40-44(31-36)55(38-22-11-4-12-23-38)43-26-15-25-39(47(40)43)42-30-37(32-46-48(42)41-24-13-14-27-45(41)56-46)51-53-49(34-18-7-2-8-19-34)52-50(54-51)35-20-9-3-10-21-35/h1-32H. The van der Waals surface area contributed by atoms with E-state index in [2.05, 4.69) is 126 Å². The van der Waals surface area contributed by atoms with E-state index in [1.165, 1.54) is 21.9 Å². The Hall–Kier alpha value is -7.63. The third kappa shape index (κ3) is 5.29. The topological polar surface area (TPSA) is 56.7 Å². The number of hydrogen-bond acceptors (Lipinski definition) is 4. The van der Waals surface area contributed by atoms with Crippen molar-refractivity contribution in [2.45, 2.75) is 0 Å². The van der Waals surface area contributed by atoms with Crippen LogP contribution in [0.15, 0.2) is 199 Å². The summed E-state index contributed by atoms with van der Waals surface area (Å²) in [5.41, 5.74) is 12.2. The second-order valence-electron chi connectivity index (χ2n) is 14.0. The SMILES string of the molecule is c1ccc(-c2ccc3c4c(-c5cc(-c6nc(-c7ccccc7)nc(-c7ccccc7)n6)cc6oc7ccccc7c56)cccc4n(-c4ccccc4)c3c2)cc1. The minimum Gasteiger partial charge on any atom is -0.456 e. The van der Waals surface area contributed by atoms with Gasteiger partial charge >= 0.3 is 0 Å². The smallest absolute Gasteiger partial charge is 0.164 e. The van der Waals surface area contributed by atoms with Crippen LogP contribution in [0.4, 0.5) is 0 Å². The first-order valence-electron chi connectivity index (χ1n) is 18.8. The van der Waals surface area contributed by atoms with Crippen molar-refractivity contribution in [1.82, 2.24) is 19.5 Å². The highest BCUT2D eigenvalue weighted by atomic mass is 16.3. The molecule has 3 heterocycles. The third-order valence-corrected chi connectivity index (χ3v) is 10.6. The Morgan fingerprint density at radius 3 is 1.61 bits per heavy atom. The van der Waals surface area contributed by atoms with E-state index in [0.29, 0.717) is 17.5 Å². The number of rotatable bonds is 6. The zero-order valence-corrected chi connectivity index (χ0v) is 30.2. The summed E-state index contributed by atoms with van der Waals surface area (Å²) in [5.74, 6) is 1.80. The molecule has 0 aliphatic heterocycles. The van der Waals surface area contributed by atoms with Crippen molar-refractivity contribution >= 4 is 43.7 Å². The maximum absolute atomic E-state index is 6.67. The van der Waals surface area contributed by atoms with Crippen LogP contribution in [0, 0.1) is 0 Å². The molecule has 0 aliphatic carbocycles. The number of aromatic nitrogens is 4. The maximum Gasteiger partial charge on any atom is 0.164 e. The Balaban J connectivity index is 1.22. The summed E-state index contributed by atoms with van der Waals surface area (Å²) >= 11 is 0. The van der Waals surface area contributed by atoms with E-state index in [9.17, 15) is 0 Å². The van der Waals surface area contributed by atoms with Crippen LogP contribution in [-0.2, 0) is 0 Å². The molecule has 0 unspecified atom stereocenters. The van der Waals surface area contributed by atoms with Gasteiger partial charge in [-0.2, -0.15) is 0 Å². The molecule has 0 spiro atoms. The van der Waals surface area contributed by atoms with Crippen LogP contribution in [0.5, 0.6) is 0 Å². The van der Waals surface area contributed by atoms with E-state index in [0.717, 1.165) is 66.5 Å². The highest BCUT2D eigenvalue weighted by molar-refractivity contribution is 6.21. The molecule has 0 fully saturated rings. The predicted molar refractivity (Wildman–Crippen MR) is 229 cm³/mol. The molecule has 0 saturated carbocycles. The van der Waals surface area contributed by atoms with Crippen molar-refractivity contribution in [3.05, 3.63) is 194 Å². The van der Waals surface area contributed by atoms with E-state index in [1.54, 1.807) is 0 Å². The Labute approximate surface area is 322 Å². The first kappa shape index (κ1) is 31.9. The van der Waals surface area contributed by atoms with Crippen LogP contribution in [0.1, 0.15) is 0 Å². The maximum atomic E-state index is 6.67. The molecule has 0 atom stereocenters. The molecule has 0 bridgehead atoms. The molecule has 3 aromatic heterocycles. The Morgan fingerprint density at radius 1 is 0.339 bits per heavy atom. The molecule has 56 heavy (non-hydrogen) atoms. The summed E-state index contributed by atoms with van der Waals surface area (Å²) in [5, 5.41) is 4.45. The molecule has 11 rings (SSSR count). The lowest BCUT2D eigenvalue weighted by molar-refractivity contribution is 0.669. The molecule has 8 aromatic carbocycles. The first-order chi connectivity index (χ1) is 27.8. The van der Waals surface area contributed by atoms with Crippen molar-refractivity contribution < 1.29 is 4.42 Å². The molecule has 5 nitrogen and oxygen atoms in total. The summed E-state index contributed by atoms with van der Waals surface area (Å²) in [6, 6.07) is 67.5.